The number of H-pyrrole nitrogens is 1. The Balaban J connectivity index is 1.30. The van der Waals surface area contributed by atoms with Crippen molar-refractivity contribution in [2.45, 2.75) is 24.3 Å². The van der Waals surface area contributed by atoms with E-state index >= 15 is 0 Å². The zero-order chi connectivity index (χ0) is 25.6. The lowest BCUT2D eigenvalue weighted by molar-refractivity contribution is -0.118. The number of aromatic amines is 1. The van der Waals surface area contributed by atoms with Gasteiger partial charge >= 0.3 is 0 Å². The second-order valence-corrected chi connectivity index (χ2v) is 12.0. The standard InChI is InChI=1S/C26H27BrN4O4S/c1-17-24-23(29(2)26(17)33)15-22(28-25(24)32)18-7-9-20(10-8-18)36(34,35)31-13-11-30(12-14-31)16-19-5-3-4-6-21(19)27/h3-10,15,17H,11-14,16H2,1-2H3,(H,28,32). The topological polar surface area (TPSA) is 93.8 Å². The van der Waals surface area contributed by atoms with E-state index in [0.717, 1.165) is 11.0 Å². The molecular weight excluding hydrogens is 544 g/mol. The Kier molecular flexibility index (Phi) is 6.63. The minimum absolute atomic E-state index is 0.120. The first-order chi connectivity index (χ1) is 17.2. The van der Waals surface area contributed by atoms with Crippen LogP contribution in [0.25, 0.3) is 11.3 Å². The van der Waals surface area contributed by atoms with E-state index in [1.165, 1.54) is 14.8 Å². The molecule has 1 aromatic heterocycles. The number of aromatic nitrogens is 1. The zero-order valence-corrected chi connectivity index (χ0v) is 22.5. The molecule has 2 aromatic carbocycles. The van der Waals surface area contributed by atoms with Gasteiger partial charge in [-0.3, -0.25) is 14.5 Å². The number of sulfonamides is 1. The molecule has 5 rings (SSSR count). The number of amides is 1. The third-order valence-corrected chi connectivity index (χ3v) is 9.72. The van der Waals surface area contributed by atoms with Gasteiger partial charge in [0.25, 0.3) is 5.56 Å². The first-order valence-corrected chi connectivity index (χ1v) is 14.0. The number of halogens is 1. The van der Waals surface area contributed by atoms with Gasteiger partial charge in [-0.05, 0) is 42.3 Å². The van der Waals surface area contributed by atoms with Crippen LogP contribution in [0.5, 0.6) is 0 Å². The highest BCUT2D eigenvalue weighted by Crippen LogP contribution is 2.35. The van der Waals surface area contributed by atoms with Crippen molar-refractivity contribution in [1.29, 1.82) is 0 Å². The van der Waals surface area contributed by atoms with E-state index < -0.39 is 15.9 Å². The molecule has 1 atom stereocenters. The van der Waals surface area contributed by atoms with Crippen molar-refractivity contribution in [3.8, 4) is 11.3 Å². The average molecular weight is 571 g/mol. The summed E-state index contributed by atoms with van der Waals surface area (Å²) in [5, 5.41) is 0. The molecule has 0 aliphatic carbocycles. The number of rotatable bonds is 5. The predicted octanol–water partition coefficient (Wildman–Crippen LogP) is 3.39. The van der Waals surface area contributed by atoms with E-state index in [1.54, 1.807) is 44.3 Å². The Bertz CT molecular complexity index is 1480. The van der Waals surface area contributed by atoms with Crippen molar-refractivity contribution in [1.82, 2.24) is 14.2 Å². The first-order valence-electron chi connectivity index (χ1n) is 11.8. The molecule has 2 aliphatic rings. The Hall–Kier alpha value is -2.79. The largest absolute Gasteiger partial charge is 0.322 e. The fourth-order valence-corrected chi connectivity index (χ4v) is 6.72. The van der Waals surface area contributed by atoms with Gasteiger partial charge in [-0.2, -0.15) is 4.31 Å². The highest BCUT2D eigenvalue weighted by molar-refractivity contribution is 9.10. The monoisotopic (exact) mass is 570 g/mol. The highest BCUT2D eigenvalue weighted by Gasteiger charge is 2.35. The maximum atomic E-state index is 13.3. The van der Waals surface area contributed by atoms with E-state index in [1.807, 2.05) is 18.2 Å². The Morgan fingerprint density at radius 1 is 1.00 bits per heavy atom. The van der Waals surface area contributed by atoms with Crippen LogP contribution in [-0.2, 0) is 21.4 Å². The summed E-state index contributed by atoms with van der Waals surface area (Å²) in [7, 11) is -1.98. The number of nitrogens with one attached hydrogen (secondary N) is 1. The molecule has 188 valence electrons. The summed E-state index contributed by atoms with van der Waals surface area (Å²) in [6.07, 6.45) is 0. The van der Waals surface area contributed by atoms with Gasteiger partial charge in [0.2, 0.25) is 15.9 Å². The third-order valence-electron chi connectivity index (χ3n) is 7.03. The molecule has 0 radical (unpaired) electrons. The number of hydrogen-bond acceptors (Lipinski definition) is 5. The van der Waals surface area contributed by atoms with Crippen molar-refractivity contribution in [3.63, 3.8) is 0 Å². The van der Waals surface area contributed by atoms with Gasteiger partial charge in [-0.1, -0.05) is 46.3 Å². The molecule has 36 heavy (non-hydrogen) atoms. The summed E-state index contributed by atoms with van der Waals surface area (Å²) >= 11 is 3.58. The summed E-state index contributed by atoms with van der Waals surface area (Å²) in [6, 6.07) is 16.3. The second-order valence-electron chi connectivity index (χ2n) is 9.23. The van der Waals surface area contributed by atoms with Crippen molar-refractivity contribution < 1.29 is 13.2 Å². The summed E-state index contributed by atoms with van der Waals surface area (Å²) < 4.78 is 29.1. The number of carbonyl (C=O) groups excluding carboxylic acids is 1. The summed E-state index contributed by atoms with van der Waals surface area (Å²) in [6.45, 7) is 4.64. The molecule has 10 heteroatoms. The van der Waals surface area contributed by atoms with E-state index in [-0.39, 0.29) is 16.4 Å². The smallest absolute Gasteiger partial charge is 0.254 e. The summed E-state index contributed by atoms with van der Waals surface area (Å²) in [5.41, 5.74) is 3.14. The number of anilines is 1. The molecule has 8 nitrogen and oxygen atoms in total. The average Bonchev–Trinajstić information content (AvgIpc) is 3.10. The molecule has 0 bridgehead atoms. The first kappa shape index (κ1) is 24.9. The maximum absolute atomic E-state index is 13.3. The number of benzene rings is 2. The third kappa shape index (κ3) is 4.43. The molecule has 0 saturated carbocycles. The fourth-order valence-electron chi connectivity index (χ4n) is 4.89. The molecule has 2 aliphatic heterocycles. The van der Waals surface area contributed by atoms with Crippen LogP contribution < -0.4 is 10.5 Å². The van der Waals surface area contributed by atoms with Crippen LogP contribution in [0.4, 0.5) is 5.69 Å². The van der Waals surface area contributed by atoms with Crippen molar-refractivity contribution in [3.05, 3.63) is 80.6 Å². The Morgan fingerprint density at radius 3 is 2.33 bits per heavy atom. The fraction of sp³-hybridized carbons (Fsp3) is 0.308. The number of hydrogen-bond donors (Lipinski definition) is 1. The van der Waals surface area contributed by atoms with E-state index in [2.05, 4.69) is 31.9 Å². The molecule has 1 amide bonds. The van der Waals surface area contributed by atoms with Gasteiger partial charge in [-0.15, -0.1) is 0 Å². The van der Waals surface area contributed by atoms with Crippen LogP contribution in [0.3, 0.4) is 0 Å². The Labute approximate surface area is 218 Å². The van der Waals surface area contributed by atoms with Crippen molar-refractivity contribution >= 4 is 37.5 Å². The lowest BCUT2D eigenvalue weighted by atomic mass is 10.0. The summed E-state index contributed by atoms with van der Waals surface area (Å²) in [4.78, 5) is 31.8. The maximum Gasteiger partial charge on any atom is 0.254 e. The molecule has 3 heterocycles. The SMILES string of the molecule is CC1C(=O)N(C)c2cc(-c3ccc(S(=O)(=O)N4CCN(Cc5ccccc5Br)CC4)cc3)[nH]c(=O)c21. The number of pyridine rings is 1. The van der Waals surface area contributed by atoms with Gasteiger partial charge in [0, 0.05) is 44.2 Å². The molecule has 1 unspecified atom stereocenters. The Morgan fingerprint density at radius 2 is 1.67 bits per heavy atom. The molecule has 1 fully saturated rings. The van der Waals surface area contributed by atoms with Crippen LogP contribution in [0, 0.1) is 0 Å². The van der Waals surface area contributed by atoms with Crippen molar-refractivity contribution in [2.75, 3.05) is 38.1 Å². The predicted molar refractivity (Wildman–Crippen MR) is 143 cm³/mol. The normalized spacial score (nSPS) is 19.0. The molecule has 1 saturated heterocycles. The lowest BCUT2D eigenvalue weighted by Gasteiger charge is -2.34. The summed E-state index contributed by atoms with van der Waals surface area (Å²) in [5.74, 6) is -0.601. The van der Waals surface area contributed by atoms with Gasteiger partial charge in [0.1, 0.15) is 0 Å². The quantitative estimate of drug-likeness (QED) is 0.507. The van der Waals surface area contributed by atoms with Crippen LogP contribution >= 0.6 is 15.9 Å². The lowest BCUT2D eigenvalue weighted by Crippen LogP contribution is -2.48. The van der Waals surface area contributed by atoms with Crippen LogP contribution in [0.15, 0.2) is 68.8 Å². The van der Waals surface area contributed by atoms with Crippen LogP contribution in [-0.4, -0.2) is 61.7 Å². The van der Waals surface area contributed by atoms with Crippen LogP contribution in [0.2, 0.25) is 0 Å². The number of carbonyl (C=O) groups is 1. The van der Waals surface area contributed by atoms with Gasteiger partial charge in [0.15, 0.2) is 0 Å². The van der Waals surface area contributed by atoms with E-state index in [9.17, 15) is 18.0 Å². The number of likely N-dealkylation sites (N-methyl/N-ethyl adjacent to an activating group) is 1. The molecule has 0 spiro atoms. The molecular formula is C26H27BrN4O4S. The van der Waals surface area contributed by atoms with Gasteiger partial charge in [-0.25, -0.2) is 8.42 Å². The van der Waals surface area contributed by atoms with E-state index in [4.69, 9.17) is 0 Å². The number of nitrogens with zero attached hydrogens (tertiary/aromatic N) is 3. The van der Waals surface area contributed by atoms with Gasteiger partial charge in [0.05, 0.1) is 27.8 Å². The minimum atomic E-state index is -3.63. The van der Waals surface area contributed by atoms with Crippen LogP contribution in [0.1, 0.15) is 24.0 Å². The second kappa shape index (κ2) is 9.59. The van der Waals surface area contributed by atoms with Gasteiger partial charge < -0.3 is 9.88 Å². The minimum Gasteiger partial charge on any atom is -0.322 e. The highest BCUT2D eigenvalue weighted by atomic mass is 79.9. The number of piperazine rings is 1. The molecule has 3 aromatic rings. The van der Waals surface area contributed by atoms with E-state index in [0.29, 0.717) is 48.7 Å². The van der Waals surface area contributed by atoms with Crippen molar-refractivity contribution in [2.24, 2.45) is 0 Å². The number of fused-ring (bicyclic) bond motifs is 1. The molecule has 1 N–H and O–H groups in total. The zero-order valence-electron chi connectivity index (χ0n) is 20.1.